The number of ether oxygens (including phenoxy) is 2. The average molecular weight is 366 g/mol. The van der Waals surface area contributed by atoms with E-state index in [0.29, 0.717) is 27.6 Å². The smallest absolute Gasteiger partial charge is 0.338 e. The number of hydrogen-bond acceptors (Lipinski definition) is 4. The topological polar surface area (TPSA) is 52.6 Å². The van der Waals surface area contributed by atoms with Crippen LogP contribution in [0.3, 0.4) is 0 Å². The summed E-state index contributed by atoms with van der Waals surface area (Å²) in [6, 6.07) is 7.07. The van der Waals surface area contributed by atoms with Crippen molar-refractivity contribution in [3.05, 3.63) is 71.6 Å². The van der Waals surface area contributed by atoms with Crippen LogP contribution in [-0.4, -0.2) is 11.9 Å². The minimum atomic E-state index is -0.594. The highest BCUT2D eigenvalue weighted by atomic mass is 19.1. The Morgan fingerprint density at radius 2 is 1.41 bits per heavy atom. The largest absolute Gasteiger partial charge is 0.422 e. The zero-order chi connectivity index (χ0) is 19.7. The van der Waals surface area contributed by atoms with Crippen molar-refractivity contribution in [2.75, 3.05) is 0 Å². The molecule has 0 N–H and O–H groups in total. The maximum atomic E-state index is 14.0. The molecule has 0 aromatic heterocycles. The lowest BCUT2D eigenvalue weighted by Crippen LogP contribution is -2.16. The fourth-order valence-electron chi connectivity index (χ4n) is 2.93. The third-order valence-corrected chi connectivity index (χ3v) is 4.29. The third-order valence-electron chi connectivity index (χ3n) is 4.29. The van der Waals surface area contributed by atoms with Crippen LogP contribution in [0.4, 0.5) is 4.39 Å². The van der Waals surface area contributed by atoms with E-state index >= 15 is 0 Å². The number of hydrogen-bond donors (Lipinski definition) is 0. The molecule has 27 heavy (non-hydrogen) atoms. The van der Waals surface area contributed by atoms with Gasteiger partial charge in [0.1, 0.15) is 17.3 Å². The van der Waals surface area contributed by atoms with Gasteiger partial charge in [-0.05, 0) is 26.3 Å². The normalized spacial score (nSPS) is 12.8. The van der Waals surface area contributed by atoms with Gasteiger partial charge >= 0.3 is 11.9 Å². The minimum Gasteiger partial charge on any atom is -0.422 e. The second-order valence-electron chi connectivity index (χ2n) is 6.53. The number of rotatable bonds is 4. The van der Waals surface area contributed by atoms with Crippen molar-refractivity contribution in [3.63, 3.8) is 0 Å². The summed E-state index contributed by atoms with van der Waals surface area (Å²) in [5.74, 6) is -0.880. The second-order valence-corrected chi connectivity index (χ2v) is 6.53. The summed E-state index contributed by atoms with van der Waals surface area (Å²) in [7, 11) is 0. The molecule has 0 fully saturated rings. The van der Waals surface area contributed by atoms with Crippen LogP contribution in [0.15, 0.2) is 60.5 Å². The maximum Gasteiger partial charge on any atom is 0.338 e. The van der Waals surface area contributed by atoms with Gasteiger partial charge in [0.05, 0.1) is 0 Å². The van der Waals surface area contributed by atoms with Crippen LogP contribution in [0, 0.1) is 0 Å². The van der Waals surface area contributed by atoms with Crippen molar-refractivity contribution < 1.29 is 23.5 Å². The van der Waals surface area contributed by atoms with Gasteiger partial charge in [0.2, 0.25) is 0 Å². The van der Waals surface area contributed by atoms with Gasteiger partial charge in [-0.1, -0.05) is 37.4 Å². The van der Waals surface area contributed by atoms with E-state index in [1.807, 2.05) is 0 Å². The van der Waals surface area contributed by atoms with E-state index in [2.05, 4.69) is 13.2 Å². The van der Waals surface area contributed by atoms with Crippen LogP contribution in [0.1, 0.15) is 25.0 Å². The first-order valence-electron chi connectivity index (χ1n) is 8.46. The number of allylic oxidation sites excluding steroid dienone is 2. The Morgan fingerprint density at radius 3 is 1.89 bits per heavy atom. The highest BCUT2D eigenvalue weighted by molar-refractivity contribution is 6.01. The number of fused-ring (bicyclic) bond motifs is 2. The van der Waals surface area contributed by atoms with Gasteiger partial charge in [-0.3, -0.25) is 0 Å². The summed E-state index contributed by atoms with van der Waals surface area (Å²) in [5, 5.41) is 1.16. The van der Waals surface area contributed by atoms with Crippen molar-refractivity contribution >= 4 is 22.7 Å². The molecule has 0 heterocycles. The first-order valence-corrected chi connectivity index (χ1v) is 8.46. The molecule has 0 radical (unpaired) electrons. The van der Waals surface area contributed by atoms with Crippen molar-refractivity contribution in [2.24, 2.45) is 0 Å². The quantitative estimate of drug-likeness (QED) is 0.445. The fraction of sp³-hybridized carbons (Fsp3) is 0.182. The third kappa shape index (κ3) is 3.53. The molecule has 3 rings (SSSR count). The number of carbonyl (C=O) groups excluding carboxylic acids is 2. The van der Waals surface area contributed by atoms with Gasteiger partial charge in [-0.25, -0.2) is 14.0 Å². The zero-order valence-electron chi connectivity index (χ0n) is 15.2. The van der Waals surface area contributed by atoms with Crippen LogP contribution in [0.2, 0.25) is 0 Å². The highest BCUT2D eigenvalue weighted by Crippen LogP contribution is 2.44. The lowest BCUT2D eigenvalue weighted by molar-refractivity contribution is -0.131. The van der Waals surface area contributed by atoms with Crippen LogP contribution >= 0.6 is 0 Å². The Bertz CT molecular complexity index is 1030. The predicted molar refractivity (Wildman–Crippen MR) is 101 cm³/mol. The summed E-state index contributed by atoms with van der Waals surface area (Å²) in [6.07, 6.45) is 1.61. The summed E-state index contributed by atoms with van der Waals surface area (Å²) in [6.45, 7) is 10.3. The Kier molecular flexibility index (Phi) is 4.95. The molecule has 1 aliphatic rings. The molecule has 0 saturated carbocycles. The standard InChI is InChI=1S/C22H19FO4/c1-12(2)21(24)26-19-15-7-5-6-8-16(15)20(27-22(25)13(3)4)18-11-14(23)9-10-17(18)19/h5-9H,1,3,10-11H2,2,4H3. The van der Waals surface area contributed by atoms with Gasteiger partial charge in [0.15, 0.2) is 0 Å². The minimum absolute atomic E-state index is 0.0450. The number of carbonyl (C=O) groups is 2. The van der Waals surface area contributed by atoms with Crippen molar-refractivity contribution in [1.29, 1.82) is 0 Å². The summed E-state index contributed by atoms with van der Waals surface area (Å²) < 4.78 is 25.2. The van der Waals surface area contributed by atoms with Gasteiger partial charge in [-0.15, -0.1) is 0 Å². The molecule has 138 valence electrons. The van der Waals surface area contributed by atoms with Crippen molar-refractivity contribution in [3.8, 4) is 11.5 Å². The van der Waals surface area contributed by atoms with E-state index in [4.69, 9.17) is 9.47 Å². The van der Waals surface area contributed by atoms with Gasteiger partial charge < -0.3 is 9.47 Å². The SMILES string of the molecule is C=C(C)C(=O)Oc1c2c(c(OC(=O)C(=C)C)c3ccccc13)CC(F)=CC2. The summed E-state index contributed by atoms with van der Waals surface area (Å²) in [5.41, 5.74) is 1.60. The molecule has 1 aliphatic carbocycles. The molecule has 0 atom stereocenters. The number of esters is 2. The van der Waals surface area contributed by atoms with E-state index in [1.54, 1.807) is 38.1 Å². The van der Waals surface area contributed by atoms with Crippen LogP contribution < -0.4 is 9.47 Å². The maximum absolute atomic E-state index is 14.0. The number of benzene rings is 2. The van der Waals surface area contributed by atoms with Crippen molar-refractivity contribution in [2.45, 2.75) is 26.7 Å². The van der Waals surface area contributed by atoms with E-state index in [1.165, 1.54) is 6.08 Å². The van der Waals surface area contributed by atoms with Gasteiger partial charge in [0, 0.05) is 39.5 Å². The zero-order valence-corrected chi connectivity index (χ0v) is 15.2. The first kappa shape index (κ1) is 18.6. The molecule has 0 bridgehead atoms. The molecule has 0 aliphatic heterocycles. The van der Waals surface area contributed by atoms with E-state index in [9.17, 15) is 14.0 Å². The van der Waals surface area contributed by atoms with Crippen LogP contribution in [0.25, 0.3) is 10.8 Å². The highest BCUT2D eigenvalue weighted by Gasteiger charge is 2.27. The van der Waals surface area contributed by atoms with E-state index in [-0.39, 0.29) is 35.6 Å². The molecule has 0 saturated heterocycles. The first-order chi connectivity index (χ1) is 12.8. The van der Waals surface area contributed by atoms with Gasteiger partial charge in [0.25, 0.3) is 0 Å². The van der Waals surface area contributed by atoms with Crippen LogP contribution in [-0.2, 0) is 22.4 Å². The summed E-state index contributed by atoms with van der Waals surface area (Å²) >= 11 is 0. The Labute approximate surface area is 156 Å². The average Bonchev–Trinajstić information content (AvgIpc) is 2.63. The molecule has 2 aromatic rings. The van der Waals surface area contributed by atoms with E-state index < -0.39 is 11.9 Å². The lowest BCUT2D eigenvalue weighted by Gasteiger charge is -2.23. The Hall–Kier alpha value is -3.21. The molecule has 0 amide bonds. The summed E-state index contributed by atoms with van der Waals surface area (Å²) in [4.78, 5) is 24.3. The molecule has 2 aromatic carbocycles. The van der Waals surface area contributed by atoms with E-state index in [0.717, 1.165) is 0 Å². The monoisotopic (exact) mass is 366 g/mol. The molecule has 0 unspecified atom stereocenters. The molecular formula is C22H19FO4. The Morgan fingerprint density at radius 1 is 0.926 bits per heavy atom. The predicted octanol–water partition coefficient (Wildman–Crippen LogP) is 4.75. The number of halogens is 1. The van der Waals surface area contributed by atoms with Crippen LogP contribution in [0.5, 0.6) is 11.5 Å². The van der Waals surface area contributed by atoms with Crippen molar-refractivity contribution in [1.82, 2.24) is 0 Å². The fourth-order valence-corrected chi connectivity index (χ4v) is 2.93. The Balaban J connectivity index is 2.29. The molecule has 4 nitrogen and oxygen atoms in total. The molecule has 5 heteroatoms. The second kappa shape index (κ2) is 7.19. The molecule has 0 spiro atoms. The lowest BCUT2D eigenvalue weighted by atomic mass is 9.90. The molecular weight excluding hydrogens is 347 g/mol. The van der Waals surface area contributed by atoms with Gasteiger partial charge in [-0.2, -0.15) is 0 Å².